The normalized spacial score (nSPS) is 11.1. The number of hydrogen-bond acceptors (Lipinski definition) is 5. The minimum Gasteiger partial charge on any atom is -0.377 e. The standard InChI is InChI=1S/C19H17BrN6O2/c1-21-17(27)13-9-11(20)7-8-14(13)22-10-16-23-24-19-25(2)18(28)12-5-3-4-6-15(12)26(16)19/h3-9,22H,10H2,1-2H3,(H,21,27). The van der Waals surface area contributed by atoms with E-state index in [9.17, 15) is 9.59 Å². The first-order chi connectivity index (χ1) is 13.5. The molecule has 2 N–H and O–H groups in total. The van der Waals surface area contributed by atoms with Crippen LogP contribution in [0.1, 0.15) is 16.2 Å². The number of carbonyl (C=O) groups excluding carboxylic acids is 1. The Morgan fingerprint density at radius 3 is 2.75 bits per heavy atom. The lowest BCUT2D eigenvalue weighted by Crippen LogP contribution is -2.21. The molecular weight excluding hydrogens is 424 g/mol. The van der Waals surface area contributed by atoms with Gasteiger partial charge in [0.05, 0.1) is 23.0 Å². The lowest BCUT2D eigenvalue weighted by atomic mass is 10.1. The van der Waals surface area contributed by atoms with Crippen molar-refractivity contribution in [2.75, 3.05) is 12.4 Å². The van der Waals surface area contributed by atoms with Gasteiger partial charge in [0.15, 0.2) is 5.82 Å². The van der Waals surface area contributed by atoms with Crippen LogP contribution in [-0.4, -0.2) is 32.1 Å². The number of nitrogens with one attached hydrogen (secondary N) is 2. The fourth-order valence-corrected chi connectivity index (χ4v) is 3.54. The van der Waals surface area contributed by atoms with E-state index in [4.69, 9.17) is 0 Å². The first-order valence-electron chi connectivity index (χ1n) is 8.58. The van der Waals surface area contributed by atoms with Gasteiger partial charge in [0.1, 0.15) is 0 Å². The number of hydrogen-bond donors (Lipinski definition) is 2. The van der Waals surface area contributed by atoms with Crippen molar-refractivity contribution in [3.8, 4) is 0 Å². The Balaban J connectivity index is 1.79. The molecule has 4 aromatic rings. The van der Waals surface area contributed by atoms with Crippen molar-refractivity contribution in [2.24, 2.45) is 7.05 Å². The van der Waals surface area contributed by atoms with Crippen molar-refractivity contribution < 1.29 is 4.79 Å². The van der Waals surface area contributed by atoms with Crippen molar-refractivity contribution in [1.29, 1.82) is 0 Å². The predicted molar refractivity (Wildman–Crippen MR) is 111 cm³/mol. The van der Waals surface area contributed by atoms with Gasteiger partial charge in [-0.2, -0.15) is 0 Å². The highest BCUT2D eigenvalue weighted by atomic mass is 79.9. The molecule has 2 aromatic heterocycles. The molecule has 0 spiro atoms. The molecule has 28 heavy (non-hydrogen) atoms. The number of fused-ring (bicyclic) bond motifs is 3. The van der Waals surface area contributed by atoms with Gasteiger partial charge in [-0.15, -0.1) is 10.2 Å². The monoisotopic (exact) mass is 440 g/mol. The predicted octanol–water partition coefficient (Wildman–Crippen LogP) is 2.32. The largest absolute Gasteiger partial charge is 0.377 e. The van der Waals surface area contributed by atoms with E-state index in [-0.39, 0.29) is 11.5 Å². The second-order valence-electron chi connectivity index (χ2n) is 6.26. The third-order valence-corrected chi connectivity index (χ3v) is 5.08. The Morgan fingerprint density at radius 2 is 1.96 bits per heavy atom. The molecule has 0 saturated carbocycles. The summed E-state index contributed by atoms with van der Waals surface area (Å²) in [5.41, 5.74) is 1.81. The van der Waals surface area contributed by atoms with Gasteiger partial charge in [-0.05, 0) is 30.3 Å². The average molecular weight is 441 g/mol. The van der Waals surface area contributed by atoms with Gasteiger partial charge in [-0.25, -0.2) is 0 Å². The van der Waals surface area contributed by atoms with E-state index in [1.165, 1.54) is 4.57 Å². The first-order valence-corrected chi connectivity index (χ1v) is 9.38. The molecule has 0 aliphatic rings. The maximum Gasteiger partial charge on any atom is 0.262 e. The molecule has 0 unspecified atom stereocenters. The van der Waals surface area contributed by atoms with Crippen LogP contribution in [0.25, 0.3) is 16.7 Å². The zero-order chi connectivity index (χ0) is 19.8. The topological polar surface area (TPSA) is 93.3 Å². The Morgan fingerprint density at radius 1 is 1.18 bits per heavy atom. The van der Waals surface area contributed by atoms with Crippen molar-refractivity contribution in [3.63, 3.8) is 0 Å². The second kappa shape index (κ2) is 7.08. The van der Waals surface area contributed by atoms with E-state index >= 15 is 0 Å². The number of benzene rings is 2. The number of nitrogens with zero attached hydrogens (tertiary/aromatic N) is 4. The molecule has 1 amide bonds. The third kappa shape index (κ3) is 2.93. The molecule has 9 heteroatoms. The van der Waals surface area contributed by atoms with Crippen molar-refractivity contribution >= 4 is 44.2 Å². The number of anilines is 1. The summed E-state index contributed by atoms with van der Waals surface area (Å²) in [4.78, 5) is 24.7. The van der Waals surface area contributed by atoms with Crippen LogP contribution < -0.4 is 16.2 Å². The molecule has 2 aromatic carbocycles. The van der Waals surface area contributed by atoms with E-state index in [0.717, 1.165) is 9.99 Å². The number of halogens is 1. The number of amides is 1. The van der Waals surface area contributed by atoms with Crippen LogP contribution in [-0.2, 0) is 13.6 Å². The summed E-state index contributed by atoms with van der Waals surface area (Å²) in [5.74, 6) is 0.901. The highest BCUT2D eigenvalue weighted by molar-refractivity contribution is 9.10. The molecule has 2 heterocycles. The second-order valence-corrected chi connectivity index (χ2v) is 7.17. The fourth-order valence-electron chi connectivity index (χ4n) is 3.17. The molecule has 0 radical (unpaired) electrons. The van der Waals surface area contributed by atoms with Crippen molar-refractivity contribution in [2.45, 2.75) is 6.54 Å². The number of aryl methyl sites for hydroxylation is 1. The van der Waals surface area contributed by atoms with Crippen molar-refractivity contribution in [3.05, 3.63) is 68.7 Å². The van der Waals surface area contributed by atoms with Gasteiger partial charge in [-0.3, -0.25) is 18.6 Å². The Hall–Kier alpha value is -3.20. The van der Waals surface area contributed by atoms with Gasteiger partial charge >= 0.3 is 0 Å². The van der Waals surface area contributed by atoms with E-state index < -0.39 is 0 Å². The van der Waals surface area contributed by atoms with Crippen LogP contribution in [0.4, 0.5) is 5.69 Å². The van der Waals surface area contributed by atoms with Gasteiger partial charge in [0.25, 0.3) is 11.5 Å². The van der Waals surface area contributed by atoms with Crippen LogP contribution >= 0.6 is 15.9 Å². The molecule has 0 aliphatic carbocycles. The summed E-state index contributed by atoms with van der Waals surface area (Å²) in [6, 6.07) is 12.8. The lowest BCUT2D eigenvalue weighted by molar-refractivity contribution is 0.0964. The SMILES string of the molecule is CNC(=O)c1cc(Br)ccc1NCc1nnc2n(C)c(=O)c3ccccc3n12. The summed E-state index contributed by atoms with van der Waals surface area (Å²) in [7, 11) is 3.26. The average Bonchev–Trinajstić information content (AvgIpc) is 3.14. The van der Waals surface area contributed by atoms with Gasteiger partial charge in [0.2, 0.25) is 5.78 Å². The number of para-hydroxylation sites is 1. The first kappa shape index (κ1) is 18.2. The molecule has 8 nitrogen and oxygen atoms in total. The van der Waals surface area contributed by atoms with E-state index in [0.29, 0.717) is 34.8 Å². The van der Waals surface area contributed by atoms with Gasteiger partial charge in [-0.1, -0.05) is 28.1 Å². The zero-order valence-electron chi connectivity index (χ0n) is 15.2. The number of rotatable bonds is 4. The van der Waals surface area contributed by atoms with Gasteiger partial charge < -0.3 is 10.6 Å². The smallest absolute Gasteiger partial charge is 0.262 e. The van der Waals surface area contributed by atoms with Crippen LogP contribution in [0.2, 0.25) is 0 Å². The lowest BCUT2D eigenvalue weighted by Gasteiger charge is -2.12. The summed E-state index contributed by atoms with van der Waals surface area (Å²) < 4.78 is 4.14. The fraction of sp³-hybridized carbons (Fsp3) is 0.158. The molecule has 4 rings (SSSR count). The van der Waals surface area contributed by atoms with Crippen LogP contribution in [0, 0.1) is 0 Å². The zero-order valence-corrected chi connectivity index (χ0v) is 16.8. The Labute approximate surface area is 168 Å². The van der Waals surface area contributed by atoms with Crippen LogP contribution in [0.15, 0.2) is 51.7 Å². The van der Waals surface area contributed by atoms with E-state index in [1.807, 2.05) is 34.7 Å². The van der Waals surface area contributed by atoms with Crippen LogP contribution in [0.5, 0.6) is 0 Å². The van der Waals surface area contributed by atoms with Crippen LogP contribution in [0.3, 0.4) is 0 Å². The molecule has 142 valence electrons. The highest BCUT2D eigenvalue weighted by Crippen LogP contribution is 2.22. The quantitative estimate of drug-likeness (QED) is 0.507. The van der Waals surface area contributed by atoms with E-state index in [2.05, 4.69) is 36.8 Å². The molecule has 0 aliphatic heterocycles. The Bertz CT molecular complexity index is 1280. The van der Waals surface area contributed by atoms with Crippen molar-refractivity contribution in [1.82, 2.24) is 24.5 Å². The molecule has 0 bridgehead atoms. The van der Waals surface area contributed by atoms with Gasteiger partial charge in [0, 0.05) is 24.3 Å². The molecular formula is C19H17BrN6O2. The minimum atomic E-state index is -0.192. The molecule has 0 fully saturated rings. The Kier molecular flexibility index (Phi) is 4.60. The summed E-state index contributed by atoms with van der Waals surface area (Å²) in [6.45, 7) is 0.328. The summed E-state index contributed by atoms with van der Waals surface area (Å²) in [6.07, 6.45) is 0. The molecule has 0 atom stereocenters. The number of carbonyl (C=O) groups is 1. The molecule has 0 saturated heterocycles. The minimum absolute atomic E-state index is 0.121. The maximum atomic E-state index is 12.5. The highest BCUT2D eigenvalue weighted by Gasteiger charge is 2.16. The maximum absolute atomic E-state index is 12.5. The van der Waals surface area contributed by atoms with E-state index in [1.54, 1.807) is 26.2 Å². The number of aromatic nitrogens is 4. The summed E-state index contributed by atoms with van der Waals surface area (Å²) in [5, 5.41) is 14.9. The summed E-state index contributed by atoms with van der Waals surface area (Å²) >= 11 is 3.39. The third-order valence-electron chi connectivity index (χ3n) is 4.58.